The molecule has 1 spiro atoms. The Morgan fingerprint density at radius 3 is 2.68 bits per heavy atom. The molecule has 38 heavy (non-hydrogen) atoms. The van der Waals surface area contributed by atoms with E-state index in [1.807, 2.05) is 36.9 Å². The number of halogens is 2. The summed E-state index contributed by atoms with van der Waals surface area (Å²) in [7, 11) is 0. The van der Waals surface area contributed by atoms with Gasteiger partial charge in [-0.1, -0.05) is 19.1 Å². The summed E-state index contributed by atoms with van der Waals surface area (Å²) in [6.07, 6.45) is 1.37. The highest BCUT2D eigenvalue weighted by Gasteiger charge is 2.49. The average Bonchev–Trinajstić information content (AvgIpc) is 3.53. The van der Waals surface area contributed by atoms with Crippen molar-refractivity contribution >= 4 is 34.0 Å². The van der Waals surface area contributed by atoms with E-state index in [0.717, 1.165) is 28.6 Å². The number of benzene rings is 2. The van der Waals surface area contributed by atoms with Gasteiger partial charge in [0, 0.05) is 60.6 Å². The van der Waals surface area contributed by atoms with Crippen molar-refractivity contribution in [2.24, 2.45) is 5.41 Å². The van der Waals surface area contributed by atoms with Gasteiger partial charge in [-0.2, -0.15) is 5.26 Å². The second-order valence-corrected chi connectivity index (χ2v) is 11.0. The zero-order valence-corrected chi connectivity index (χ0v) is 21.9. The number of aryl methyl sites for hydroxylation is 1. The van der Waals surface area contributed by atoms with Crippen molar-refractivity contribution in [3.05, 3.63) is 64.8 Å². The van der Waals surface area contributed by atoms with Gasteiger partial charge in [-0.25, -0.2) is 18.7 Å². The van der Waals surface area contributed by atoms with E-state index in [2.05, 4.69) is 16.0 Å². The number of thiazole rings is 1. The Kier molecular flexibility index (Phi) is 5.88. The standard InChI is InChI=1S/C29H25F2N5OS/c1-3-25(37)36-14-29(15-36)8-9-35(13-29)28-22(12-32)26(20-7-5-19(30)11-23(20)31)21-6-4-18(10-24(21)34-28)27-17(2)33-16-38-27/h4-7,10-11,16H,3,8-9,13-15H2,1-2H3. The summed E-state index contributed by atoms with van der Waals surface area (Å²) < 4.78 is 29.0. The van der Waals surface area contributed by atoms with Gasteiger partial charge in [-0.15, -0.1) is 11.3 Å². The number of anilines is 1. The maximum absolute atomic E-state index is 15.2. The molecule has 192 valence electrons. The number of nitriles is 1. The van der Waals surface area contributed by atoms with Crippen LogP contribution in [0.2, 0.25) is 0 Å². The third-order valence-corrected chi connectivity index (χ3v) is 8.71. The summed E-state index contributed by atoms with van der Waals surface area (Å²) in [5.74, 6) is -0.762. The number of fused-ring (bicyclic) bond motifs is 1. The van der Waals surface area contributed by atoms with Crippen LogP contribution in [-0.2, 0) is 4.79 Å². The molecule has 0 N–H and O–H groups in total. The number of nitrogens with zero attached hydrogens (tertiary/aromatic N) is 5. The maximum atomic E-state index is 15.2. The zero-order chi connectivity index (χ0) is 26.6. The van der Waals surface area contributed by atoms with Gasteiger partial charge in [0.1, 0.15) is 29.1 Å². The molecule has 0 unspecified atom stereocenters. The second kappa shape index (κ2) is 9.14. The number of carbonyl (C=O) groups is 1. The largest absolute Gasteiger partial charge is 0.355 e. The van der Waals surface area contributed by atoms with Crippen molar-refractivity contribution in [2.45, 2.75) is 26.7 Å². The van der Waals surface area contributed by atoms with Gasteiger partial charge in [0.25, 0.3) is 0 Å². The molecule has 0 saturated carbocycles. The van der Waals surface area contributed by atoms with Crippen LogP contribution in [0, 0.1) is 35.3 Å². The van der Waals surface area contributed by atoms with Crippen molar-refractivity contribution in [3.8, 4) is 27.6 Å². The Hall–Kier alpha value is -3.90. The van der Waals surface area contributed by atoms with Crippen molar-refractivity contribution in [2.75, 3.05) is 31.1 Å². The summed E-state index contributed by atoms with van der Waals surface area (Å²) >= 11 is 1.53. The number of pyridine rings is 1. The number of hydrogen-bond acceptors (Lipinski definition) is 6. The predicted octanol–water partition coefficient (Wildman–Crippen LogP) is 5.93. The van der Waals surface area contributed by atoms with Crippen LogP contribution in [-0.4, -0.2) is 47.0 Å². The summed E-state index contributed by atoms with van der Waals surface area (Å²) in [5.41, 5.74) is 5.08. The lowest BCUT2D eigenvalue weighted by Gasteiger charge is -2.48. The Bertz CT molecular complexity index is 1640. The molecule has 4 heterocycles. The highest BCUT2D eigenvalue weighted by molar-refractivity contribution is 7.13. The maximum Gasteiger partial charge on any atom is 0.222 e. The first-order valence-electron chi connectivity index (χ1n) is 12.6. The first-order valence-corrected chi connectivity index (χ1v) is 13.5. The normalized spacial score (nSPS) is 16.2. The van der Waals surface area contributed by atoms with Crippen LogP contribution in [0.3, 0.4) is 0 Å². The summed E-state index contributed by atoms with van der Waals surface area (Å²) in [6, 6.07) is 11.4. The molecule has 0 atom stereocenters. The average molecular weight is 530 g/mol. The van der Waals surface area contributed by atoms with Crippen molar-refractivity contribution in [1.82, 2.24) is 14.9 Å². The minimum absolute atomic E-state index is 0.0307. The van der Waals surface area contributed by atoms with E-state index in [-0.39, 0.29) is 22.4 Å². The van der Waals surface area contributed by atoms with Crippen LogP contribution in [0.25, 0.3) is 32.5 Å². The van der Waals surface area contributed by atoms with E-state index in [1.54, 1.807) is 5.51 Å². The molecular weight excluding hydrogens is 504 g/mol. The SMILES string of the molecule is CCC(=O)N1CC2(CCN(c3nc4cc(-c5scnc5C)ccc4c(-c4ccc(F)cc4F)c3C#N)C2)C1. The van der Waals surface area contributed by atoms with Crippen LogP contribution in [0.5, 0.6) is 0 Å². The van der Waals surface area contributed by atoms with Gasteiger partial charge in [0.05, 0.1) is 21.6 Å². The third kappa shape index (κ3) is 3.91. The quantitative estimate of drug-likeness (QED) is 0.328. The number of carbonyl (C=O) groups excluding carboxylic acids is 1. The van der Waals surface area contributed by atoms with Crippen LogP contribution < -0.4 is 4.90 Å². The van der Waals surface area contributed by atoms with Gasteiger partial charge in [-0.05, 0) is 37.1 Å². The molecule has 0 radical (unpaired) electrons. The molecule has 1 amide bonds. The lowest BCUT2D eigenvalue weighted by Crippen LogP contribution is -2.59. The highest BCUT2D eigenvalue weighted by atomic mass is 32.1. The molecule has 2 aromatic carbocycles. The lowest BCUT2D eigenvalue weighted by molar-refractivity contribution is -0.141. The molecule has 2 saturated heterocycles. The van der Waals surface area contributed by atoms with E-state index in [1.165, 1.54) is 23.5 Å². The molecule has 6 rings (SSSR count). The van der Waals surface area contributed by atoms with Gasteiger partial charge >= 0.3 is 0 Å². The van der Waals surface area contributed by atoms with E-state index in [9.17, 15) is 14.4 Å². The van der Waals surface area contributed by atoms with Crippen LogP contribution >= 0.6 is 11.3 Å². The van der Waals surface area contributed by atoms with Crippen molar-refractivity contribution in [3.63, 3.8) is 0 Å². The molecular formula is C29H25F2N5OS. The molecule has 2 aliphatic heterocycles. The monoisotopic (exact) mass is 529 g/mol. The molecule has 0 bridgehead atoms. The van der Waals surface area contributed by atoms with Crippen molar-refractivity contribution < 1.29 is 13.6 Å². The third-order valence-electron chi connectivity index (χ3n) is 7.73. The van der Waals surface area contributed by atoms with E-state index in [0.29, 0.717) is 54.9 Å². The molecule has 4 aromatic rings. The fraction of sp³-hybridized carbons (Fsp3) is 0.310. The van der Waals surface area contributed by atoms with Gasteiger partial charge < -0.3 is 9.80 Å². The molecule has 2 fully saturated rings. The van der Waals surface area contributed by atoms with E-state index in [4.69, 9.17) is 4.98 Å². The topological polar surface area (TPSA) is 73.1 Å². The van der Waals surface area contributed by atoms with Gasteiger partial charge in [0.2, 0.25) is 5.91 Å². The van der Waals surface area contributed by atoms with Gasteiger partial charge in [-0.3, -0.25) is 4.79 Å². The minimum atomic E-state index is -0.729. The Morgan fingerprint density at radius 1 is 1.18 bits per heavy atom. The van der Waals surface area contributed by atoms with Crippen LogP contribution in [0.1, 0.15) is 31.0 Å². The van der Waals surface area contributed by atoms with E-state index < -0.39 is 11.6 Å². The molecule has 9 heteroatoms. The summed E-state index contributed by atoms with van der Waals surface area (Å²) in [4.78, 5) is 26.4. The van der Waals surface area contributed by atoms with E-state index >= 15 is 4.39 Å². The molecule has 0 aliphatic carbocycles. The summed E-state index contributed by atoms with van der Waals surface area (Å²) in [6.45, 7) is 6.54. The lowest BCUT2D eigenvalue weighted by atomic mass is 9.79. The number of rotatable bonds is 4. The van der Waals surface area contributed by atoms with Crippen LogP contribution in [0.15, 0.2) is 41.9 Å². The fourth-order valence-electron chi connectivity index (χ4n) is 5.82. The smallest absolute Gasteiger partial charge is 0.222 e. The molecule has 2 aliphatic rings. The summed E-state index contributed by atoms with van der Waals surface area (Å²) in [5, 5.41) is 11.0. The second-order valence-electron chi connectivity index (χ2n) is 10.2. The highest BCUT2D eigenvalue weighted by Crippen LogP contribution is 2.45. The predicted molar refractivity (Wildman–Crippen MR) is 144 cm³/mol. The molecule has 2 aromatic heterocycles. The zero-order valence-electron chi connectivity index (χ0n) is 21.1. The Morgan fingerprint density at radius 2 is 2.00 bits per heavy atom. The van der Waals surface area contributed by atoms with Gasteiger partial charge in [0.15, 0.2) is 0 Å². The van der Waals surface area contributed by atoms with Crippen molar-refractivity contribution in [1.29, 1.82) is 5.26 Å². The number of amides is 1. The number of hydrogen-bond donors (Lipinski definition) is 0. The Labute approximate surface area is 223 Å². The molecule has 6 nitrogen and oxygen atoms in total. The fourth-order valence-corrected chi connectivity index (χ4v) is 6.62. The Balaban J connectivity index is 1.50. The minimum Gasteiger partial charge on any atom is -0.355 e. The number of likely N-dealkylation sites (tertiary alicyclic amines) is 1. The first-order chi connectivity index (χ1) is 18.3. The first kappa shape index (κ1) is 24.4. The number of aromatic nitrogens is 2. The van der Waals surface area contributed by atoms with Crippen LogP contribution in [0.4, 0.5) is 14.6 Å².